The van der Waals surface area contributed by atoms with Crippen LogP contribution in [0.15, 0.2) is 30.6 Å². The van der Waals surface area contributed by atoms with Crippen molar-refractivity contribution in [3.8, 4) is 0 Å². The first kappa shape index (κ1) is 8.13. The van der Waals surface area contributed by atoms with Crippen LogP contribution in [0.2, 0.25) is 0 Å². The zero-order chi connectivity index (χ0) is 9.26. The van der Waals surface area contributed by atoms with E-state index in [1.54, 1.807) is 19.3 Å². The molecule has 1 radical (unpaired) electrons. The van der Waals surface area contributed by atoms with Gasteiger partial charge in [-0.3, -0.25) is 9.97 Å². The lowest BCUT2D eigenvalue weighted by molar-refractivity contribution is 0.341. The molecule has 0 aliphatic rings. The van der Waals surface area contributed by atoms with Gasteiger partial charge in [-0.1, -0.05) is 6.07 Å². The molecule has 0 unspecified atom stereocenters. The number of fused-ring (bicyclic) bond motifs is 1. The van der Waals surface area contributed by atoms with Crippen molar-refractivity contribution in [3.63, 3.8) is 0 Å². The van der Waals surface area contributed by atoms with Crippen molar-refractivity contribution in [1.82, 2.24) is 9.97 Å². The summed E-state index contributed by atoms with van der Waals surface area (Å²) in [6.07, 6.45) is 3.59. The maximum atomic E-state index is 9.25. The number of aromatic nitrogens is 2. The molecule has 13 heavy (non-hydrogen) atoms. The van der Waals surface area contributed by atoms with Crippen LogP contribution in [0.3, 0.4) is 0 Å². The van der Waals surface area contributed by atoms with Crippen LogP contribution in [0.4, 0.5) is 0 Å². The number of aliphatic hydroxyl groups is 1. The van der Waals surface area contributed by atoms with E-state index in [1.165, 1.54) is 0 Å². The molecule has 0 aliphatic heterocycles. The molecule has 0 atom stereocenters. The normalized spacial score (nSPS) is 11.0. The maximum absolute atomic E-state index is 9.25. The monoisotopic (exact) mass is 173 g/mol. The minimum atomic E-state index is 0.299. The summed E-state index contributed by atoms with van der Waals surface area (Å²) in [7, 11) is 0. The Hall–Kier alpha value is -1.48. The lowest BCUT2D eigenvalue weighted by Crippen LogP contribution is -1.92. The second-order valence-electron chi connectivity index (χ2n) is 2.85. The molecule has 2 aromatic rings. The molecule has 3 nitrogen and oxygen atoms in total. The number of rotatable bonds is 1. The summed E-state index contributed by atoms with van der Waals surface area (Å²) in [4.78, 5) is 8.27. The van der Waals surface area contributed by atoms with E-state index in [2.05, 4.69) is 9.97 Å². The Morgan fingerprint density at radius 1 is 1.15 bits per heavy atom. The smallest absolute Gasteiger partial charge is 0.119 e. The molecule has 0 saturated heterocycles. The molecule has 0 amide bonds. The Morgan fingerprint density at radius 2 is 1.85 bits per heavy atom. The van der Waals surface area contributed by atoms with E-state index in [1.807, 2.05) is 18.2 Å². The standard InChI is InChI=1S/C10H9N2O/c1-7(13)8-2-3-9-10(6-8)12-5-4-11-9/h2-6,13H,1H3. The van der Waals surface area contributed by atoms with Crippen molar-refractivity contribution in [2.45, 2.75) is 6.92 Å². The number of aliphatic hydroxyl groups excluding tert-OH is 1. The van der Waals surface area contributed by atoms with Crippen LogP contribution in [0, 0.1) is 6.10 Å². The van der Waals surface area contributed by atoms with Gasteiger partial charge >= 0.3 is 0 Å². The summed E-state index contributed by atoms with van der Waals surface area (Å²) in [6, 6.07) is 5.49. The van der Waals surface area contributed by atoms with Crippen LogP contribution in [-0.2, 0) is 0 Å². The molecule has 0 fully saturated rings. The fraction of sp³-hybridized carbons (Fsp3) is 0.100. The van der Waals surface area contributed by atoms with Crippen molar-refractivity contribution in [3.05, 3.63) is 42.3 Å². The van der Waals surface area contributed by atoms with Crippen LogP contribution in [-0.4, -0.2) is 15.1 Å². The van der Waals surface area contributed by atoms with Gasteiger partial charge in [0.2, 0.25) is 0 Å². The highest BCUT2D eigenvalue weighted by molar-refractivity contribution is 5.74. The predicted molar refractivity (Wildman–Crippen MR) is 49.5 cm³/mol. The molecule has 1 aromatic carbocycles. The maximum Gasteiger partial charge on any atom is 0.119 e. The minimum absolute atomic E-state index is 0.299. The summed E-state index contributed by atoms with van der Waals surface area (Å²) in [5.41, 5.74) is 2.42. The van der Waals surface area contributed by atoms with Crippen molar-refractivity contribution < 1.29 is 5.11 Å². The number of benzene rings is 1. The van der Waals surface area contributed by atoms with Gasteiger partial charge in [-0.15, -0.1) is 0 Å². The first-order valence-electron chi connectivity index (χ1n) is 4.01. The van der Waals surface area contributed by atoms with E-state index in [0.29, 0.717) is 6.10 Å². The van der Waals surface area contributed by atoms with Gasteiger partial charge in [0.1, 0.15) is 6.10 Å². The third-order valence-electron chi connectivity index (χ3n) is 1.89. The number of hydrogen-bond donors (Lipinski definition) is 1. The number of nitrogens with zero attached hydrogens (tertiary/aromatic N) is 2. The van der Waals surface area contributed by atoms with Gasteiger partial charge in [0.25, 0.3) is 0 Å². The lowest BCUT2D eigenvalue weighted by Gasteiger charge is -2.03. The van der Waals surface area contributed by atoms with E-state index in [-0.39, 0.29) is 0 Å². The van der Waals surface area contributed by atoms with E-state index >= 15 is 0 Å². The lowest BCUT2D eigenvalue weighted by atomic mass is 10.1. The molecule has 65 valence electrons. The molecule has 1 N–H and O–H groups in total. The molecule has 2 rings (SSSR count). The van der Waals surface area contributed by atoms with Crippen molar-refractivity contribution >= 4 is 11.0 Å². The summed E-state index contributed by atoms with van der Waals surface area (Å²) in [5, 5.41) is 9.25. The zero-order valence-electron chi connectivity index (χ0n) is 7.23. The second-order valence-corrected chi connectivity index (χ2v) is 2.85. The first-order valence-corrected chi connectivity index (χ1v) is 4.01. The first-order chi connectivity index (χ1) is 6.27. The van der Waals surface area contributed by atoms with Crippen molar-refractivity contribution in [2.24, 2.45) is 0 Å². The Labute approximate surface area is 76.1 Å². The van der Waals surface area contributed by atoms with E-state index in [0.717, 1.165) is 16.6 Å². The molecule has 0 spiro atoms. The number of hydrogen-bond acceptors (Lipinski definition) is 3. The van der Waals surface area contributed by atoms with Crippen LogP contribution < -0.4 is 0 Å². The van der Waals surface area contributed by atoms with Crippen LogP contribution in [0.25, 0.3) is 11.0 Å². The fourth-order valence-corrected chi connectivity index (χ4v) is 1.19. The highest BCUT2D eigenvalue weighted by Crippen LogP contribution is 2.15. The largest absolute Gasteiger partial charge is 0.382 e. The van der Waals surface area contributed by atoms with E-state index in [9.17, 15) is 5.11 Å². The second kappa shape index (κ2) is 3.11. The van der Waals surface area contributed by atoms with Crippen molar-refractivity contribution in [2.75, 3.05) is 0 Å². The molecule has 0 saturated carbocycles. The molecular weight excluding hydrogens is 164 g/mol. The summed E-state index contributed by atoms with van der Waals surface area (Å²) < 4.78 is 0. The molecule has 1 aromatic heterocycles. The highest BCUT2D eigenvalue weighted by atomic mass is 16.3. The minimum Gasteiger partial charge on any atom is -0.382 e. The topological polar surface area (TPSA) is 46.0 Å². The van der Waals surface area contributed by atoms with Gasteiger partial charge in [0.05, 0.1) is 11.0 Å². The molecular formula is C10H9N2O. The quantitative estimate of drug-likeness (QED) is 0.716. The van der Waals surface area contributed by atoms with Gasteiger partial charge in [0.15, 0.2) is 0 Å². The fourth-order valence-electron chi connectivity index (χ4n) is 1.19. The summed E-state index contributed by atoms with van der Waals surface area (Å²) in [5.74, 6) is 0. The van der Waals surface area contributed by atoms with E-state index < -0.39 is 0 Å². The summed E-state index contributed by atoms with van der Waals surface area (Å²) in [6.45, 7) is 1.65. The highest BCUT2D eigenvalue weighted by Gasteiger charge is 2.03. The Bertz CT molecular complexity index is 426. The van der Waals surface area contributed by atoms with Crippen LogP contribution >= 0.6 is 0 Å². The van der Waals surface area contributed by atoms with Gasteiger partial charge in [0, 0.05) is 12.4 Å². The van der Waals surface area contributed by atoms with Crippen LogP contribution in [0.5, 0.6) is 0 Å². The summed E-state index contributed by atoms with van der Waals surface area (Å²) >= 11 is 0. The molecule has 3 heteroatoms. The molecule has 0 bridgehead atoms. The SMILES string of the molecule is C[C](O)c1ccc2nccnc2c1. The van der Waals surface area contributed by atoms with Gasteiger partial charge in [-0.05, 0) is 24.6 Å². The molecule has 0 aliphatic carbocycles. The Morgan fingerprint density at radius 3 is 2.54 bits per heavy atom. The molecule has 1 heterocycles. The third kappa shape index (κ3) is 1.51. The van der Waals surface area contributed by atoms with Gasteiger partial charge in [-0.25, -0.2) is 0 Å². The van der Waals surface area contributed by atoms with Crippen molar-refractivity contribution in [1.29, 1.82) is 0 Å². The Balaban J connectivity index is 2.62. The zero-order valence-corrected chi connectivity index (χ0v) is 7.23. The average molecular weight is 173 g/mol. The van der Waals surface area contributed by atoms with Gasteiger partial charge < -0.3 is 5.11 Å². The third-order valence-corrected chi connectivity index (χ3v) is 1.89. The average Bonchev–Trinajstić information content (AvgIpc) is 2.17. The Kier molecular flexibility index (Phi) is 1.94. The van der Waals surface area contributed by atoms with Gasteiger partial charge in [-0.2, -0.15) is 0 Å². The van der Waals surface area contributed by atoms with E-state index in [4.69, 9.17) is 0 Å². The predicted octanol–water partition coefficient (Wildman–Crippen LogP) is 1.90. The van der Waals surface area contributed by atoms with Crippen LogP contribution in [0.1, 0.15) is 12.5 Å².